The zero-order valence-electron chi connectivity index (χ0n) is 19.8. The highest BCUT2D eigenvalue weighted by molar-refractivity contribution is 7.89. The lowest BCUT2D eigenvalue weighted by atomic mass is 10.0. The third-order valence-electron chi connectivity index (χ3n) is 6.26. The number of piperazine rings is 1. The summed E-state index contributed by atoms with van der Waals surface area (Å²) in [5.41, 5.74) is 2.19. The van der Waals surface area contributed by atoms with Gasteiger partial charge in [-0.3, -0.25) is 4.79 Å². The first-order chi connectivity index (χ1) is 15.7. The molecule has 0 aliphatic carbocycles. The zero-order valence-corrected chi connectivity index (χ0v) is 20.6. The van der Waals surface area contributed by atoms with Crippen LogP contribution in [0.4, 0.5) is 19.0 Å². The number of benzene rings is 1. The third kappa shape index (κ3) is 5.35. The molecule has 186 valence electrons. The molecule has 1 amide bonds. The minimum atomic E-state index is -4.45. The van der Waals surface area contributed by atoms with E-state index in [9.17, 15) is 26.4 Å². The molecule has 0 radical (unpaired) electrons. The number of aromatic nitrogens is 1. The Morgan fingerprint density at radius 2 is 1.59 bits per heavy atom. The number of halogens is 3. The highest BCUT2D eigenvalue weighted by Gasteiger charge is 2.32. The molecule has 1 fully saturated rings. The maximum Gasteiger partial charge on any atom is 0.417 e. The van der Waals surface area contributed by atoms with E-state index in [1.165, 1.54) is 13.0 Å². The average Bonchev–Trinajstić information content (AvgIpc) is 2.76. The maximum absolute atomic E-state index is 13.1. The number of hydrogen-bond acceptors (Lipinski definition) is 5. The summed E-state index contributed by atoms with van der Waals surface area (Å²) in [4.78, 5) is 20.4. The van der Waals surface area contributed by atoms with Crippen LogP contribution >= 0.6 is 0 Å². The number of alkyl halides is 3. The van der Waals surface area contributed by atoms with E-state index in [1.807, 2.05) is 19.9 Å². The minimum absolute atomic E-state index is 0.197. The molecular formula is C23H29F3N4O3S. The largest absolute Gasteiger partial charge is 0.417 e. The van der Waals surface area contributed by atoms with Crippen molar-refractivity contribution in [3.05, 3.63) is 52.2 Å². The lowest BCUT2D eigenvalue weighted by molar-refractivity contribution is -0.138. The van der Waals surface area contributed by atoms with E-state index in [0.717, 1.165) is 23.4 Å². The molecule has 1 aliphatic heterocycles. The topological polar surface area (TPSA) is 82.6 Å². The molecule has 0 bridgehead atoms. The van der Waals surface area contributed by atoms with Gasteiger partial charge in [0.2, 0.25) is 15.9 Å². The van der Waals surface area contributed by atoms with Gasteiger partial charge < -0.3 is 9.80 Å². The first-order valence-electron chi connectivity index (χ1n) is 10.9. The predicted octanol–water partition coefficient (Wildman–Crippen LogP) is 3.35. The Morgan fingerprint density at radius 1 is 1.03 bits per heavy atom. The van der Waals surface area contributed by atoms with Gasteiger partial charge in [0.05, 0.1) is 16.5 Å². The van der Waals surface area contributed by atoms with E-state index in [2.05, 4.69) is 9.71 Å². The molecule has 2 heterocycles. The second-order valence-corrected chi connectivity index (χ2v) is 10.3. The van der Waals surface area contributed by atoms with Crippen molar-refractivity contribution < 1.29 is 26.4 Å². The fourth-order valence-corrected chi connectivity index (χ4v) is 5.91. The molecule has 3 rings (SSSR count). The number of sulfonamides is 1. The van der Waals surface area contributed by atoms with Gasteiger partial charge in [-0.25, -0.2) is 13.4 Å². The fourth-order valence-electron chi connectivity index (χ4n) is 4.10. The Kier molecular flexibility index (Phi) is 7.28. The van der Waals surface area contributed by atoms with E-state index in [-0.39, 0.29) is 10.8 Å². The van der Waals surface area contributed by atoms with Crippen LogP contribution in [0.5, 0.6) is 0 Å². The second kappa shape index (κ2) is 9.53. The molecule has 7 nitrogen and oxygen atoms in total. The summed E-state index contributed by atoms with van der Waals surface area (Å²) in [5.74, 6) is 0.0397. The van der Waals surface area contributed by atoms with Gasteiger partial charge in [0, 0.05) is 32.4 Å². The zero-order chi connectivity index (χ0) is 25.4. The number of anilines is 1. The van der Waals surface area contributed by atoms with Crippen LogP contribution in [0.15, 0.2) is 29.3 Å². The average molecular weight is 499 g/mol. The Bertz CT molecular complexity index is 1150. The number of carbonyl (C=O) groups excluding carboxylic acids is 1. The van der Waals surface area contributed by atoms with Crippen LogP contribution in [0.3, 0.4) is 0 Å². The normalized spacial score (nSPS) is 16.0. The summed E-state index contributed by atoms with van der Waals surface area (Å²) in [6.45, 7) is 10.1. The number of hydrogen-bond donors (Lipinski definition) is 1. The Hall–Kier alpha value is -2.66. The third-order valence-corrected chi connectivity index (χ3v) is 8.07. The van der Waals surface area contributed by atoms with Gasteiger partial charge in [-0.15, -0.1) is 0 Å². The second-order valence-electron chi connectivity index (χ2n) is 8.65. The van der Waals surface area contributed by atoms with Crippen LogP contribution in [0.25, 0.3) is 0 Å². The van der Waals surface area contributed by atoms with E-state index < -0.39 is 27.8 Å². The Balaban J connectivity index is 1.65. The Labute approximate surface area is 198 Å². The van der Waals surface area contributed by atoms with Crippen molar-refractivity contribution in [2.45, 2.75) is 51.7 Å². The van der Waals surface area contributed by atoms with E-state index in [0.29, 0.717) is 43.1 Å². The van der Waals surface area contributed by atoms with Crippen LogP contribution < -0.4 is 9.62 Å². The number of rotatable bonds is 5. The van der Waals surface area contributed by atoms with Crippen molar-refractivity contribution in [2.24, 2.45) is 0 Å². The molecule has 0 spiro atoms. The van der Waals surface area contributed by atoms with Gasteiger partial charge in [0.25, 0.3) is 0 Å². The molecule has 1 aromatic heterocycles. The molecule has 1 saturated heterocycles. The van der Waals surface area contributed by atoms with Crippen molar-refractivity contribution in [2.75, 3.05) is 31.1 Å². The number of aryl methyl sites for hydroxylation is 2. The van der Waals surface area contributed by atoms with E-state index >= 15 is 0 Å². The lowest BCUT2D eigenvalue weighted by Crippen LogP contribution is -2.54. The fraction of sp³-hybridized carbons (Fsp3) is 0.478. The van der Waals surface area contributed by atoms with Crippen LogP contribution in [0, 0.1) is 27.7 Å². The van der Waals surface area contributed by atoms with Crippen molar-refractivity contribution in [3.63, 3.8) is 0 Å². The molecule has 0 saturated carbocycles. The Morgan fingerprint density at radius 3 is 2.06 bits per heavy atom. The number of amides is 1. The maximum atomic E-state index is 13.1. The molecule has 34 heavy (non-hydrogen) atoms. The number of carbonyl (C=O) groups is 1. The molecule has 11 heteroatoms. The smallest absolute Gasteiger partial charge is 0.353 e. The molecular weight excluding hydrogens is 469 g/mol. The highest BCUT2D eigenvalue weighted by atomic mass is 32.2. The summed E-state index contributed by atoms with van der Waals surface area (Å²) in [6.07, 6.45) is -3.66. The highest BCUT2D eigenvalue weighted by Crippen LogP contribution is 2.30. The van der Waals surface area contributed by atoms with Gasteiger partial charge >= 0.3 is 6.18 Å². The van der Waals surface area contributed by atoms with Crippen molar-refractivity contribution in [3.8, 4) is 0 Å². The molecule has 2 aromatic rings. The molecule has 1 aliphatic rings. The minimum Gasteiger partial charge on any atom is -0.353 e. The molecule has 1 atom stereocenters. The van der Waals surface area contributed by atoms with Crippen molar-refractivity contribution >= 4 is 21.7 Å². The number of pyridine rings is 1. The van der Waals surface area contributed by atoms with Gasteiger partial charge in [0.15, 0.2) is 0 Å². The van der Waals surface area contributed by atoms with Crippen LogP contribution in [-0.2, 0) is 21.0 Å². The number of nitrogens with zero attached hydrogens (tertiary/aromatic N) is 3. The first kappa shape index (κ1) is 26.0. The van der Waals surface area contributed by atoms with Gasteiger partial charge in [-0.05, 0) is 69.0 Å². The van der Waals surface area contributed by atoms with Crippen LogP contribution in [-0.4, -0.2) is 56.4 Å². The van der Waals surface area contributed by atoms with Crippen LogP contribution in [0.1, 0.15) is 34.7 Å². The summed E-state index contributed by atoms with van der Waals surface area (Å²) < 4.78 is 67.0. The van der Waals surface area contributed by atoms with E-state index in [1.54, 1.807) is 23.6 Å². The molecule has 1 aromatic carbocycles. The lowest BCUT2D eigenvalue weighted by Gasteiger charge is -2.36. The van der Waals surface area contributed by atoms with Crippen molar-refractivity contribution in [1.82, 2.24) is 14.6 Å². The first-order valence-corrected chi connectivity index (χ1v) is 12.4. The standard InChI is InChI=1S/C23H29F3N4O3S/c1-14-12-15(2)17(4)21(16(14)3)34(32,33)28-18(5)22(31)30-10-8-29(9-11-30)20-7-6-19(13-27-20)23(24,25)26/h6-7,12-13,18,28H,8-11H2,1-5H3/t18-/m0/s1. The van der Waals surface area contributed by atoms with Gasteiger partial charge in [-0.1, -0.05) is 6.07 Å². The summed E-state index contributed by atoms with van der Waals surface area (Å²) in [5, 5.41) is 0. The summed E-state index contributed by atoms with van der Waals surface area (Å²) in [6, 6.07) is 3.25. The van der Waals surface area contributed by atoms with E-state index in [4.69, 9.17) is 0 Å². The quantitative estimate of drug-likeness (QED) is 0.684. The predicted molar refractivity (Wildman–Crippen MR) is 123 cm³/mol. The monoisotopic (exact) mass is 498 g/mol. The SMILES string of the molecule is Cc1cc(C)c(C)c(S(=O)(=O)N[C@@H](C)C(=O)N2CCN(c3ccc(C(F)(F)F)cn3)CC2)c1C. The molecule has 1 N–H and O–H groups in total. The summed E-state index contributed by atoms with van der Waals surface area (Å²) in [7, 11) is -3.93. The van der Waals surface area contributed by atoms with Crippen LogP contribution in [0.2, 0.25) is 0 Å². The van der Waals surface area contributed by atoms with Gasteiger partial charge in [-0.2, -0.15) is 17.9 Å². The van der Waals surface area contributed by atoms with Crippen molar-refractivity contribution in [1.29, 1.82) is 0 Å². The number of nitrogens with one attached hydrogen (secondary N) is 1. The molecule has 0 unspecified atom stereocenters. The van der Waals surface area contributed by atoms with Gasteiger partial charge in [0.1, 0.15) is 5.82 Å². The summed E-state index contributed by atoms with van der Waals surface area (Å²) >= 11 is 0.